The Morgan fingerprint density at radius 2 is 1.81 bits per heavy atom. The van der Waals surface area contributed by atoms with Crippen LogP contribution in [0.1, 0.15) is 29.5 Å². The monoisotopic (exact) mass is 353 g/mol. The van der Waals surface area contributed by atoms with Crippen molar-refractivity contribution in [2.45, 2.75) is 32.9 Å². The SMILES string of the molecule is Cc1cccc(COc2ccc(CNC(=O)C3CCC3C(=O)O)cc2)c1. The van der Waals surface area contributed by atoms with Gasteiger partial charge in [0.25, 0.3) is 0 Å². The van der Waals surface area contributed by atoms with Crippen molar-refractivity contribution in [1.29, 1.82) is 0 Å². The van der Waals surface area contributed by atoms with Crippen LogP contribution < -0.4 is 10.1 Å². The van der Waals surface area contributed by atoms with Gasteiger partial charge >= 0.3 is 5.97 Å². The summed E-state index contributed by atoms with van der Waals surface area (Å²) < 4.78 is 5.78. The second-order valence-electron chi connectivity index (χ2n) is 6.77. The summed E-state index contributed by atoms with van der Waals surface area (Å²) in [6, 6.07) is 15.7. The third kappa shape index (κ3) is 4.42. The van der Waals surface area contributed by atoms with E-state index in [1.165, 1.54) is 5.56 Å². The maximum Gasteiger partial charge on any atom is 0.307 e. The maximum absolute atomic E-state index is 12.1. The fraction of sp³-hybridized carbons (Fsp3) is 0.333. The summed E-state index contributed by atoms with van der Waals surface area (Å²) in [5, 5.41) is 11.8. The number of carbonyl (C=O) groups excluding carboxylic acids is 1. The summed E-state index contributed by atoms with van der Waals surface area (Å²) in [5.74, 6) is -1.22. The maximum atomic E-state index is 12.1. The van der Waals surface area contributed by atoms with Crippen LogP contribution in [0.5, 0.6) is 5.75 Å². The molecule has 136 valence electrons. The Morgan fingerprint density at radius 1 is 1.08 bits per heavy atom. The highest BCUT2D eigenvalue weighted by atomic mass is 16.5. The quantitative estimate of drug-likeness (QED) is 0.801. The summed E-state index contributed by atoms with van der Waals surface area (Å²) in [4.78, 5) is 23.1. The third-order valence-corrected chi connectivity index (χ3v) is 4.81. The molecule has 2 unspecified atom stereocenters. The van der Waals surface area contributed by atoms with Gasteiger partial charge in [0.15, 0.2) is 0 Å². The van der Waals surface area contributed by atoms with Gasteiger partial charge in [0.05, 0.1) is 11.8 Å². The summed E-state index contributed by atoms with van der Waals surface area (Å²) in [7, 11) is 0. The minimum atomic E-state index is -0.883. The fourth-order valence-electron chi connectivity index (χ4n) is 3.10. The van der Waals surface area contributed by atoms with E-state index in [0.717, 1.165) is 16.9 Å². The van der Waals surface area contributed by atoms with Crippen molar-refractivity contribution in [1.82, 2.24) is 5.32 Å². The van der Waals surface area contributed by atoms with E-state index in [9.17, 15) is 9.59 Å². The van der Waals surface area contributed by atoms with Crippen molar-refractivity contribution in [2.24, 2.45) is 11.8 Å². The van der Waals surface area contributed by atoms with Crippen LogP contribution >= 0.6 is 0 Å². The Bertz CT molecular complexity index is 785. The summed E-state index contributed by atoms with van der Waals surface area (Å²) in [5.41, 5.74) is 3.27. The minimum absolute atomic E-state index is 0.177. The van der Waals surface area contributed by atoms with Crippen molar-refractivity contribution < 1.29 is 19.4 Å². The molecule has 1 fully saturated rings. The van der Waals surface area contributed by atoms with E-state index in [1.54, 1.807) is 0 Å². The average Bonchev–Trinajstić information content (AvgIpc) is 2.57. The Labute approximate surface area is 153 Å². The van der Waals surface area contributed by atoms with Crippen LogP contribution in [0.2, 0.25) is 0 Å². The minimum Gasteiger partial charge on any atom is -0.489 e. The largest absolute Gasteiger partial charge is 0.489 e. The van der Waals surface area contributed by atoms with E-state index in [2.05, 4.69) is 24.4 Å². The van der Waals surface area contributed by atoms with Gasteiger partial charge < -0.3 is 15.2 Å². The number of aliphatic carboxylic acids is 1. The van der Waals surface area contributed by atoms with E-state index in [-0.39, 0.29) is 5.91 Å². The zero-order valence-corrected chi connectivity index (χ0v) is 14.8. The number of hydrogen-bond donors (Lipinski definition) is 2. The molecule has 0 aromatic heterocycles. The smallest absolute Gasteiger partial charge is 0.307 e. The molecule has 5 heteroatoms. The second kappa shape index (κ2) is 8.04. The van der Waals surface area contributed by atoms with Gasteiger partial charge in [-0.15, -0.1) is 0 Å². The lowest BCUT2D eigenvalue weighted by Gasteiger charge is -2.31. The summed E-state index contributed by atoms with van der Waals surface area (Å²) in [6.07, 6.45) is 1.23. The Morgan fingerprint density at radius 3 is 2.42 bits per heavy atom. The van der Waals surface area contributed by atoms with Crippen molar-refractivity contribution in [3.8, 4) is 5.75 Å². The predicted octanol–water partition coefficient (Wildman–Crippen LogP) is 3.30. The number of nitrogens with one attached hydrogen (secondary N) is 1. The van der Waals surface area contributed by atoms with Gasteiger partial charge in [0, 0.05) is 6.54 Å². The van der Waals surface area contributed by atoms with Crippen LogP contribution in [0.15, 0.2) is 48.5 Å². The molecular weight excluding hydrogens is 330 g/mol. The lowest BCUT2D eigenvalue weighted by molar-refractivity contribution is -0.152. The zero-order valence-electron chi connectivity index (χ0n) is 14.8. The van der Waals surface area contributed by atoms with Gasteiger partial charge in [-0.3, -0.25) is 9.59 Å². The number of ether oxygens (including phenoxy) is 1. The Kier molecular flexibility index (Phi) is 5.56. The molecule has 1 aliphatic carbocycles. The molecule has 2 aromatic carbocycles. The number of benzene rings is 2. The Balaban J connectivity index is 1.47. The first-order chi connectivity index (χ1) is 12.5. The van der Waals surface area contributed by atoms with Crippen molar-refractivity contribution in [3.63, 3.8) is 0 Å². The van der Waals surface area contributed by atoms with Crippen LogP contribution in [-0.2, 0) is 22.7 Å². The standard InChI is InChI=1S/C21H23NO4/c1-14-3-2-4-16(11-14)13-26-17-7-5-15(6-8-17)12-22-20(23)18-9-10-19(18)21(24)25/h2-8,11,18-19H,9-10,12-13H2,1H3,(H,22,23)(H,24,25). The molecule has 0 spiro atoms. The van der Waals surface area contributed by atoms with Gasteiger partial charge in [-0.2, -0.15) is 0 Å². The molecule has 0 heterocycles. The first-order valence-corrected chi connectivity index (χ1v) is 8.81. The van der Waals surface area contributed by atoms with Gasteiger partial charge in [-0.05, 0) is 43.0 Å². The van der Waals surface area contributed by atoms with E-state index >= 15 is 0 Å². The number of carboxylic acids is 1. The molecular formula is C21H23NO4. The lowest BCUT2D eigenvalue weighted by Crippen LogP contribution is -2.43. The molecule has 2 atom stereocenters. The highest BCUT2D eigenvalue weighted by Gasteiger charge is 2.41. The fourth-order valence-corrected chi connectivity index (χ4v) is 3.10. The van der Waals surface area contributed by atoms with Gasteiger partial charge in [0.1, 0.15) is 12.4 Å². The number of amides is 1. The van der Waals surface area contributed by atoms with Crippen LogP contribution in [-0.4, -0.2) is 17.0 Å². The molecule has 1 aliphatic rings. The predicted molar refractivity (Wildman–Crippen MR) is 97.6 cm³/mol. The molecule has 0 aliphatic heterocycles. The van der Waals surface area contributed by atoms with Crippen LogP contribution in [0.4, 0.5) is 0 Å². The number of carbonyl (C=O) groups is 2. The topological polar surface area (TPSA) is 75.6 Å². The van der Waals surface area contributed by atoms with E-state index in [4.69, 9.17) is 9.84 Å². The average molecular weight is 353 g/mol. The number of aryl methyl sites for hydroxylation is 1. The van der Waals surface area contributed by atoms with Gasteiger partial charge in [-0.25, -0.2) is 0 Å². The first kappa shape index (κ1) is 18.0. The lowest BCUT2D eigenvalue weighted by atomic mass is 9.73. The highest BCUT2D eigenvalue weighted by Crippen LogP contribution is 2.34. The Hall–Kier alpha value is -2.82. The number of hydrogen-bond acceptors (Lipinski definition) is 3. The van der Waals surface area contributed by atoms with E-state index in [1.807, 2.05) is 36.4 Å². The van der Waals surface area contributed by atoms with E-state index < -0.39 is 17.8 Å². The summed E-state index contributed by atoms with van der Waals surface area (Å²) >= 11 is 0. The van der Waals surface area contributed by atoms with Crippen molar-refractivity contribution in [3.05, 3.63) is 65.2 Å². The van der Waals surface area contributed by atoms with Crippen molar-refractivity contribution in [2.75, 3.05) is 0 Å². The molecule has 5 nitrogen and oxygen atoms in total. The molecule has 1 saturated carbocycles. The van der Waals surface area contributed by atoms with Crippen LogP contribution in [0.25, 0.3) is 0 Å². The molecule has 3 rings (SSSR count). The molecule has 2 N–H and O–H groups in total. The molecule has 2 aromatic rings. The zero-order chi connectivity index (χ0) is 18.5. The molecule has 0 bridgehead atoms. The summed E-state index contributed by atoms with van der Waals surface area (Å²) in [6.45, 7) is 2.95. The van der Waals surface area contributed by atoms with Crippen molar-refractivity contribution >= 4 is 11.9 Å². The molecule has 0 radical (unpaired) electrons. The molecule has 0 saturated heterocycles. The number of rotatable bonds is 7. The highest BCUT2D eigenvalue weighted by molar-refractivity contribution is 5.86. The van der Waals surface area contributed by atoms with Gasteiger partial charge in [0.2, 0.25) is 5.91 Å². The first-order valence-electron chi connectivity index (χ1n) is 8.81. The molecule has 1 amide bonds. The van der Waals surface area contributed by atoms with E-state index in [0.29, 0.717) is 26.0 Å². The number of carboxylic acid groups (broad SMARTS) is 1. The second-order valence-corrected chi connectivity index (χ2v) is 6.77. The van der Waals surface area contributed by atoms with Crippen LogP contribution in [0.3, 0.4) is 0 Å². The third-order valence-electron chi connectivity index (χ3n) is 4.81. The molecule has 26 heavy (non-hydrogen) atoms. The normalized spacial score (nSPS) is 18.7. The van der Waals surface area contributed by atoms with Gasteiger partial charge in [-0.1, -0.05) is 42.0 Å². The van der Waals surface area contributed by atoms with Crippen LogP contribution in [0, 0.1) is 18.8 Å².